The molecule has 0 saturated carbocycles. The number of ether oxygens (including phenoxy) is 4. The van der Waals surface area contributed by atoms with Crippen molar-refractivity contribution in [2.75, 3.05) is 0 Å². The first-order valence-corrected chi connectivity index (χ1v) is 6.90. The largest absolute Gasteiger partial charge is 0.426 e. The van der Waals surface area contributed by atoms with Crippen molar-refractivity contribution < 1.29 is 23.7 Å². The van der Waals surface area contributed by atoms with E-state index in [2.05, 4.69) is 6.58 Å². The van der Waals surface area contributed by atoms with Crippen LogP contribution >= 0.6 is 0 Å². The molecule has 5 heteroatoms. The molecule has 0 aromatic heterocycles. The summed E-state index contributed by atoms with van der Waals surface area (Å²) in [6, 6.07) is 8.92. The minimum Gasteiger partial charge on any atom is -0.426 e. The molecule has 0 radical (unpaired) electrons. The van der Waals surface area contributed by atoms with Crippen LogP contribution < -0.4 is 4.74 Å². The highest BCUT2D eigenvalue weighted by atomic mass is 16.8. The van der Waals surface area contributed by atoms with Gasteiger partial charge in [0, 0.05) is 0 Å². The molecule has 0 N–H and O–H groups in total. The Balaban J connectivity index is 1.78. The second kappa shape index (κ2) is 5.26. The Bertz CT molecular complexity index is 539. The van der Waals surface area contributed by atoms with Gasteiger partial charge in [0.15, 0.2) is 12.1 Å². The summed E-state index contributed by atoms with van der Waals surface area (Å²) < 4.78 is 22.5. The maximum Gasteiger partial charge on any atom is 0.320 e. The van der Waals surface area contributed by atoms with E-state index in [0.29, 0.717) is 5.75 Å². The van der Waals surface area contributed by atoms with Crippen LogP contribution in [-0.2, 0) is 19.0 Å². The number of hydrogen-bond donors (Lipinski definition) is 0. The van der Waals surface area contributed by atoms with E-state index in [9.17, 15) is 4.79 Å². The van der Waals surface area contributed by atoms with Crippen molar-refractivity contribution in [1.29, 1.82) is 0 Å². The van der Waals surface area contributed by atoms with Crippen LogP contribution in [0.3, 0.4) is 0 Å². The lowest BCUT2D eigenvalue weighted by Crippen LogP contribution is -2.37. The predicted molar refractivity (Wildman–Crippen MR) is 74.5 cm³/mol. The van der Waals surface area contributed by atoms with Gasteiger partial charge in [-0.05, 0) is 26.0 Å². The van der Waals surface area contributed by atoms with Crippen LogP contribution in [0.4, 0.5) is 0 Å². The Morgan fingerprint density at radius 2 is 2.00 bits per heavy atom. The van der Waals surface area contributed by atoms with Crippen molar-refractivity contribution in [3.8, 4) is 5.75 Å². The Morgan fingerprint density at radius 1 is 1.29 bits per heavy atom. The number of benzene rings is 1. The maximum absolute atomic E-state index is 12.5. The van der Waals surface area contributed by atoms with Gasteiger partial charge in [0.05, 0.1) is 6.10 Å². The lowest BCUT2D eigenvalue weighted by Gasteiger charge is -2.23. The quantitative estimate of drug-likeness (QED) is 0.485. The summed E-state index contributed by atoms with van der Waals surface area (Å²) in [5.74, 6) is -1.27. The number of esters is 1. The molecule has 2 heterocycles. The van der Waals surface area contributed by atoms with Crippen molar-refractivity contribution in [3.05, 3.63) is 43.0 Å². The van der Waals surface area contributed by atoms with E-state index >= 15 is 0 Å². The minimum absolute atomic E-state index is 0.403. The first-order chi connectivity index (χ1) is 10.00. The van der Waals surface area contributed by atoms with Gasteiger partial charge in [-0.15, -0.1) is 6.58 Å². The van der Waals surface area contributed by atoms with Crippen molar-refractivity contribution in [2.24, 2.45) is 5.92 Å². The predicted octanol–water partition coefficient (Wildman–Crippen LogP) is 2.27. The van der Waals surface area contributed by atoms with Gasteiger partial charge in [0.2, 0.25) is 0 Å². The molecule has 2 fully saturated rings. The molecule has 0 amide bonds. The lowest BCUT2D eigenvalue weighted by molar-refractivity contribution is -0.205. The maximum atomic E-state index is 12.5. The first kappa shape index (κ1) is 14.3. The minimum atomic E-state index is -0.771. The third kappa shape index (κ3) is 2.72. The van der Waals surface area contributed by atoms with Gasteiger partial charge >= 0.3 is 5.97 Å². The second-order valence-electron chi connectivity index (χ2n) is 5.56. The summed E-state index contributed by atoms with van der Waals surface area (Å²) in [6.07, 6.45) is 0.0393. The fourth-order valence-corrected chi connectivity index (χ4v) is 2.68. The zero-order valence-electron chi connectivity index (χ0n) is 12.0. The van der Waals surface area contributed by atoms with E-state index < -0.39 is 36.2 Å². The van der Waals surface area contributed by atoms with Crippen LogP contribution in [0.5, 0.6) is 5.75 Å². The Kier molecular flexibility index (Phi) is 3.57. The number of rotatable bonds is 3. The molecule has 5 nitrogen and oxygen atoms in total. The highest BCUT2D eigenvalue weighted by Gasteiger charge is 2.57. The molecule has 1 aromatic rings. The van der Waals surface area contributed by atoms with Crippen molar-refractivity contribution in [3.63, 3.8) is 0 Å². The smallest absolute Gasteiger partial charge is 0.320 e. The van der Waals surface area contributed by atoms with Gasteiger partial charge in [-0.1, -0.05) is 24.3 Å². The van der Waals surface area contributed by atoms with Crippen LogP contribution in [0.15, 0.2) is 43.0 Å². The number of hydrogen-bond acceptors (Lipinski definition) is 5. The van der Waals surface area contributed by atoms with E-state index in [0.717, 1.165) is 0 Å². The zero-order chi connectivity index (χ0) is 15.0. The summed E-state index contributed by atoms with van der Waals surface area (Å²) in [5, 5.41) is 0. The SMILES string of the molecule is C=C[C@H]1OC2OC(C)(C)OC2[C@H]1C(=O)Oc1ccccc1. The second-order valence-corrected chi connectivity index (χ2v) is 5.56. The number of carbonyl (C=O) groups excluding carboxylic acids is 1. The molecule has 0 spiro atoms. The third-order valence-electron chi connectivity index (χ3n) is 3.55. The van der Waals surface area contributed by atoms with Crippen LogP contribution in [0, 0.1) is 5.92 Å². The lowest BCUT2D eigenvalue weighted by atomic mass is 9.98. The standard InChI is InChI=1S/C16H18O5/c1-4-11-12(13-15(19-11)21-16(2,3)20-13)14(17)18-10-8-6-5-7-9-10/h4-9,11-13,15H,1H2,2-3H3/t11-,12+,13?,15?/m1/s1. The van der Waals surface area contributed by atoms with Gasteiger partial charge in [-0.2, -0.15) is 0 Å². The topological polar surface area (TPSA) is 54.0 Å². The van der Waals surface area contributed by atoms with Crippen LogP contribution in [-0.4, -0.2) is 30.3 Å². The molecule has 4 atom stereocenters. The molecule has 2 saturated heterocycles. The summed E-state index contributed by atoms with van der Waals surface area (Å²) in [7, 11) is 0. The molecular formula is C16H18O5. The Hall–Kier alpha value is -1.69. The first-order valence-electron chi connectivity index (χ1n) is 6.90. The normalized spacial score (nSPS) is 33.4. The van der Waals surface area contributed by atoms with Crippen molar-refractivity contribution >= 4 is 5.97 Å². The molecule has 2 unspecified atom stereocenters. The zero-order valence-corrected chi connectivity index (χ0v) is 12.0. The summed E-state index contributed by atoms with van der Waals surface area (Å²) in [4.78, 5) is 12.5. The summed E-state index contributed by atoms with van der Waals surface area (Å²) in [5.41, 5.74) is 0. The summed E-state index contributed by atoms with van der Waals surface area (Å²) in [6.45, 7) is 7.28. The monoisotopic (exact) mass is 290 g/mol. The highest BCUT2D eigenvalue weighted by molar-refractivity contribution is 5.77. The van der Waals surface area contributed by atoms with E-state index in [1.54, 1.807) is 44.2 Å². The van der Waals surface area contributed by atoms with E-state index in [1.807, 2.05) is 6.07 Å². The van der Waals surface area contributed by atoms with Gasteiger partial charge in [0.25, 0.3) is 0 Å². The highest BCUT2D eigenvalue weighted by Crippen LogP contribution is 2.41. The van der Waals surface area contributed by atoms with Gasteiger partial charge in [-0.3, -0.25) is 4.79 Å². The van der Waals surface area contributed by atoms with Gasteiger partial charge < -0.3 is 18.9 Å². The number of carbonyl (C=O) groups is 1. The molecule has 2 aliphatic heterocycles. The van der Waals surface area contributed by atoms with Crippen LogP contribution in [0.2, 0.25) is 0 Å². The molecular weight excluding hydrogens is 272 g/mol. The molecule has 0 aliphatic carbocycles. The molecule has 3 rings (SSSR count). The van der Waals surface area contributed by atoms with E-state index in [-0.39, 0.29) is 0 Å². The molecule has 1 aromatic carbocycles. The molecule has 2 aliphatic rings. The third-order valence-corrected chi connectivity index (χ3v) is 3.55. The van der Waals surface area contributed by atoms with Crippen LogP contribution in [0.1, 0.15) is 13.8 Å². The van der Waals surface area contributed by atoms with E-state index in [1.165, 1.54) is 0 Å². The van der Waals surface area contributed by atoms with Crippen LogP contribution in [0.25, 0.3) is 0 Å². The van der Waals surface area contributed by atoms with Gasteiger partial charge in [0.1, 0.15) is 17.8 Å². The fourth-order valence-electron chi connectivity index (χ4n) is 2.68. The van der Waals surface area contributed by atoms with Crippen molar-refractivity contribution in [1.82, 2.24) is 0 Å². The Labute approximate surface area is 123 Å². The average molecular weight is 290 g/mol. The number of para-hydroxylation sites is 1. The fraction of sp³-hybridized carbons (Fsp3) is 0.438. The number of fused-ring (bicyclic) bond motifs is 1. The van der Waals surface area contributed by atoms with Crippen molar-refractivity contribution in [2.45, 2.75) is 38.1 Å². The summed E-state index contributed by atoms with van der Waals surface area (Å²) >= 11 is 0. The Morgan fingerprint density at radius 3 is 2.67 bits per heavy atom. The molecule has 112 valence electrons. The van der Waals surface area contributed by atoms with Gasteiger partial charge in [-0.25, -0.2) is 0 Å². The molecule has 21 heavy (non-hydrogen) atoms. The molecule has 0 bridgehead atoms. The van der Waals surface area contributed by atoms with E-state index in [4.69, 9.17) is 18.9 Å². The average Bonchev–Trinajstić information content (AvgIpc) is 2.90.